The molecule has 1 heterocycles. The molecule has 1 aliphatic rings. The van der Waals surface area contributed by atoms with Crippen molar-refractivity contribution in [1.29, 1.82) is 0 Å². The molecule has 118 valence electrons. The lowest BCUT2D eigenvalue weighted by molar-refractivity contribution is 0.570. The highest BCUT2D eigenvalue weighted by molar-refractivity contribution is 8.06. The number of hydrogen-bond acceptors (Lipinski definition) is 5. The topological polar surface area (TPSA) is 58.2 Å². The first-order chi connectivity index (χ1) is 9.97. The molecule has 1 saturated heterocycles. The third-order valence-corrected chi connectivity index (χ3v) is 7.49. The van der Waals surface area contributed by atoms with E-state index in [1.165, 1.54) is 17.3 Å². The molecule has 0 spiro atoms. The normalized spacial score (nSPS) is 19.7. The third kappa shape index (κ3) is 5.39. The van der Waals surface area contributed by atoms with Crippen molar-refractivity contribution in [1.82, 2.24) is 4.72 Å². The van der Waals surface area contributed by atoms with Crippen LogP contribution in [0.25, 0.3) is 0 Å². The Morgan fingerprint density at radius 1 is 1.24 bits per heavy atom. The fraction of sp³-hybridized carbons (Fsp3) is 0.571. The number of benzene rings is 1. The second kappa shape index (κ2) is 7.76. The van der Waals surface area contributed by atoms with Gasteiger partial charge in [-0.05, 0) is 38.1 Å². The number of hydrogen-bond donors (Lipinski definition) is 2. The van der Waals surface area contributed by atoms with E-state index < -0.39 is 10.0 Å². The summed E-state index contributed by atoms with van der Waals surface area (Å²) in [5.74, 6) is 3.65. The van der Waals surface area contributed by atoms with E-state index in [9.17, 15) is 8.42 Å². The van der Waals surface area contributed by atoms with Crippen LogP contribution in [-0.4, -0.2) is 43.5 Å². The quantitative estimate of drug-likeness (QED) is 0.829. The molecule has 7 heteroatoms. The van der Waals surface area contributed by atoms with E-state index >= 15 is 0 Å². The highest BCUT2D eigenvalue weighted by Gasteiger charge is 2.16. The Hall–Kier alpha value is -0.370. The summed E-state index contributed by atoms with van der Waals surface area (Å²) in [5, 5.41) is 4.02. The lowest BCUT2D eigenvalue weighted by Crippen LogP contribution is -2.30. The maximum atomic E-state index is 12.0. The van der Waals surface area contributed by atoms with Crippen LogP contribution in [0.15, 0.2) is 29.2 Å². The zero-order valence-corrected chi connectivity index (χ0v) is 14.8. The van der Waals surface area contributed by atoms with Gasteiger partial charge in [0.2, 0.25) is 10.0 Å². The lowest BCUT2D eigenvalue weighted by atomic mass is 10.3. The summed E-state index contributed by atoms with van der Waals surface area (Å²) in [4.78, 5) is 0.310. The van der Waals surface area contributed by atoms with Crippen molar-refractivity contribution >= 4 is 39.2 Å². The summed E-state index contributed by atoms with van der Waals surface area (Å²) in [6.07, 6.45) is 0. The number of rotatable bonds is 6. The number of sulfonamides is 1. The SMILES string of the molecule is CC(C)NS(=O)(=O)c1ccc(NCC2CSCCS2)cc1. The van der Waals surface area contributed by atoms with Gasteiger partial charge in [-0.2, -0.15) is 23.5 Å². The lowest BCUT2D eigenvalue weighted by Gasteiger charge is -2.21. The third-order valence-electron chi connectivity index (χ3n) is 2.97. The van der Waals surface area contributed by atoms with Gasteiger partial charge in [-0.15, -0.1) is 0 Å². The fourth-order valence-electron chi connectivity index (χ4n) is 2.02. The van der Waals surface area contributed by atoms with E-state index in [0.29, 0.717) is 10.1 Å². The molecule has 1 unspecified atom stereocenters. The van der Waals surface area contributed by atoms with Crippen molar-refractivity contribution < 1.29 is 8.42 Å². The highest BCUT2D eigenvalue weighted by Crippen LogP contribution is 2.24. The van der Waals surface area contributed by atoms with Gasteiger partial charge in [0, 0.05) is 40.8 Å². The average molecular weight is 347 g/mol. The van der Waals surface area contributed by atoms with Crippen molar-refractivity contribution in [3.63, 3.8) is 0 Å². The van der Waals surface area contributed by atoms with Crippen molar-refractivity contribution in [3.05, 3.63) is 24.3 Å². The van der Waals surface area contributed by atoms with Gasteiger partial charge in [-0.1, -0.05) is 0 Å². The van der Waals surface area contributed by atoms with Gasteiger partial charge in [-0.25, -0.2) is 13.1 Å². The predicted octanol–water partition coefficient (Wildman–Crippen LogP) is 2.63. The first-order valence-electron chi connectivity index (χ1n) is 7.03. The Bertz CT molecular complexity index is 538. The molecular weight excluding hydrogens is 324 g/mol. The van der Waals surface area contributed by atoms with Crippen molar-refractivity contribution in [3.8, 4) is 0 Å². The molecule has 21 heavy (non-hydrogen) atoms. The van der Waals surface area contributed by atoms with Crippen molar-refractivity contribution in [2.75, 3.05) is 29.1 Å². The van der Waals surface area contributed by atoms with E-state index in [2.05, 4.69) is 10.0 Å². The van der Waals surface area contributed by atoms with Gasteiger partial charge < -0.3 is 5.32 Å². The summed E-state index contributed by atoms with van der Waals surface area (Å²) in [6, 6.07) is 6.85. The standard InChI is InChI=1S/C14H22N2O2S3/c1-11(2)16-21(17,18)14-5-3-12(4-6-14)15-9-13-10-19-7-8-20-13/h3-6,11,13,15-16H,7-10H2,1-2H3. The molecular formula is C14H22N2O2S3. The molecule has 0 amide bonds. The van der Waals surface area contributed by atoms with Crippen LogP contribution in [0.5, 0.6) is 0 Å². The summed E-state index contributed by atoms with van der Waals surface area (Å²) < 4.78 is 26.6. The minimum absolute atomic E-state index is 0.103. The van der Waals surface area contributed by atoms with Gasteiger partial charge in [0.05, 0.1) is 4.90 Å². The first kappa shape index (κ1) is 17.0. The van der Waals surface area contributed by atoms with E-state index in [1.807, 2.05) is 49.5 Å². The predicted molar refractivity (Wildman–Crippen MR) is 94.0 cm³/mol. The van der Waals surface area contributed by atoms with Gasteiger partial charge in [0.1, 0.15) is 0 Å². The molecule has 1 aromatic rings. The second-order valence-corrected chi connectivity index (χ2v) is 9.52. The van der Waals surface area contributed by atoms with E-state index in [0.717, 1.165) is 12.2 Å². The van der Waals surface area contributed by atoms with Gasteiger partial charge in [0.15, 0.2) is 0 Å². The molecule has 0 saturated carbocycles. The van der Waals surface area contributed by atoms with Crippen LogP contribution in [0.2, 0.25) is 0 Å². The molecule has 1 aromatic carbocycles. The van der Waals surface area contributed by atoms with Crippen molar-refractivity contribution in [2.24, 2.45) is 0 Å². The summed E-state index contributed by atoms with van der Waals surface area (Å²) >= 11 is 4.01. The summed E-state index contributed by atoms with van der Waals surface area (Å²) in [7, 11) is -3.40. The summed E-state index contributed by atoms with van der Waals surface area (Å²) in [6.45, 7) is 4.55. The minimum Gasteiger partial charge on any atom is -0.384 e. The zero-order valence-electron chi connectivity index (χ0n) is 12.3. The van der Waals surface area contributed by atoms with Crippen LogP contribution in [0.1, 0.15) is 13.8 Å². The fourth-order valence-corrected chi connectivity index (χ4v) is 5.88. The van der Waals surface area contributed by atoms with E-state index in [1.54, 1.807) is 12.1 Å². The molecule has 1 atom stereocenters. The monoisotopic (exact) mass is 346 g/mol. The molecule has 0 radical (unpaired) electrons. The molecule has 2 N–H and O–H groups in total. The average Bonchev–Trinajstić information content (AvgIpc) is 2.45. The summed E-state index contributed by atoms with van der Waals surface area (Å²) in [5.41, 5.74) is 0.967. The number of anilines is 1. The molecule has 2 rings (SSSR count). The van der Waals surface area contributed by atoms with Gasteiger partial charge in [-0.3, -0.25) is 0 Å². The minimum atomic E-state index is -3.40. The zero-order chi connectivity index (χ0) is 15.3. The smallest absolute Gasteiger partial charge is 0.240 e. The molecule has 1 aliphatic heterocycles. The number of thioether (sulfide) groups is 2. The molecule has 0 bridgehead atoms. The second-order valence-electron chi connectivity index (χ2n) is 5.25. The highest BCUT2D eigenvalue weighted by atomic mass is 32.2. The Balaban J connectivity index is 1.92. The van der Waals surface area contributed by atoms with Crippen LogP contribution in [0.4, 0.5) is 5.69 Å². The molecule has 0 aromatic heterocycles. The van der Waals surface area contributed by atoms with Gasteiger partial charge in [0.25, 0.3) is 0 Å². The largest absolute Gasteiger partial charge is 0.384 e. The first-order valence-corrected chi connectivity index (χ1v) is 10.7. The Kier molecular flexibility index (Phi) is 6.28. The van der Waals surface area contributed by atoms with E-state index in [-0.39, 0.29) is 6.04 Å². The van der Waals surface area contributed by atoms with Crippen LogP contribution in [0.3, 0.4) is 0 Å². The maximum Gasteiger partial charge on any atom is 0.240 e. The number of nitrogens with one attached hydrogen (secondary N) is 2. The van der Waals surface area contributed by atoms with Crippen LogP contribution in [-0.2, 0) is 10.0 Å². The van der Waals surface area contributed by atoms with Crippen LogP contribution < -0.4 is 10.0 Å². The Labute approximate surface area is 135 Å². The molecule has 4 nitrogen and oxygen atoms in total. The van der Waals surface area contributed by atoms with E-state index in [4.69, 9.17) is 0 Å². The Morgan fingerprint density at radius 3 is 2.52 bits per heavy atom. The van der Waals surface area contributed by atoms with Crippen LogP contribution in [0, 0.1) is 0 Å². The molecule has 1 fully saturated rings. The maximum absolute atomic E-state index is 12.0. The van der Waals surface area contributed by atoms with Crippen LogP contribution >= 0.6 is 23.5 Å². The molecule has 0 aliphatic carbocycles. The van der Waals surface area contributed by atoms with Crippen molar-refractivity contribution in [2.45, 2.75) is 30.0 Å². The Morgan fingerprint density at radius 2 is 1.95 bits per heavy atom. The van der Waals surface area contributed by atoms with Gasteiger partial charge >= 0.3 is 0 Å².